The van der Waals surface area contributed by atoms with E-state index in [0.717, 1.165) is 16.5 Å². The number of imidazole rings is 2. The van der Waals surface area contributed by atoms with Crippen LogP contribution in [0.5, 0.6) is 0 Å². The monoisotopic (exact) mass is 324 g/mol. The topological polar surface area (TPSA) is 77.1 Å². The third-order valence-corrected chi connectivity index (χ3v) is 4.06. The van der Waals surface area contributed by atoms with Crippen LogP contribution in [0.25, 0.3) is 10.8 Å². The molecule has 4 rings (SSSR count). The number of rotatable bonds is 4. The molecule has 1 amide bonds. The van der Waals surface area contributed by atoms with Gasteiger partial charge in [-0.2, -0.15) is 0 Å². The Balaban J connectivity index is 1.43. The number of amides is 1. The van der Waals surface area contributed by atoms with Gasteiger partial charge < -0.3 is 5.32 Å². The van der Waals surface area contributed by atoms with Crippen molar-refractivity contribution in [3.63, 3.8) is 0 Å². The number of fused-ring (bicyclic) bond motifs is 1. The fourth-order valence-corrected chi connectivity index (χ4v) is 2.96. The van der Waals surface area contributed by atoms with E-state index in [4.69, 9.17) is 0 Å². The molecule has 1 N–H and O–H groups in total. The summed E-state index contributed by atoms with van der Waals surface area (Å²) in [6.07, 6.45) is 10.8. The van der Waals surface area contributed by atoms with Gasteiger partial charge >= 0.3 is 0 Å². The average molecular weight is 324 g/mol. The first-order valence-corrected chi connectivity index (χ1v) is 7.81. The van der Waals surface area contributed by atoms with Gasteiger partial charge in [0.05, 0.1) is 24.0 Å². The molecule has 0 aliphatic carbocycles. The maximum atomic E-state index is 12.1. The zero-order valence-corrected chi connectivity index (χ0v) is 12.8. The minimum Gasteiger partial charge on any atom is -0.324 e. The molecule has 0 fully saturated rings. The molecule has 114 valence electrons. The van der Waals surface area contributed by atoms with Gasteiger partial charge in [0.2, 0.25) is 5.91 Å². The molecule has 0 radical (unpaired) electrons. The second kappa shape index (κ2) is 5.65. The van der Waals surface area contributed by atoms with E-state index in [9.17, 15) is 4.79 Å². The number of hydrogen-bond donors (Lipinski definition) is 1. The Bertz CT molecular complexity index is 910. The Labute approximate surface area is 135 Å². The van der Waals surface area contributed by atoms with Crippen molar-refractivity contribution in [2.45, 2.75) is 6.42 Å². The molecule has 0 aromatic carbocycles. The molecule has 0 bridgehead atoms. The van der Waals surface area contributed by atoms with E-state index in [2.05, 4.69) is 20.3 Å². The summed E-state index contributed by atoms with van der Waals surface area (Å²) in [4.78, 5) is 25.7. The average Bonchev–Trinajstić information content (AvgIpc) is 3.24. The van der Waals surface area contributed by atoms with Gasteiger partial charge in [-0.05, 0) is 12.1 Å². The summed E-state index contributed by atoms with van der Waals surface area (Å²) in [5.74, 6) is 0.628. The number of carbonyl (C=O) groups is 1. The number of hydrogen-bond acceptors (Lipinski definition) is 5. The summed E-state index contributed by atoms with van der Waals surface area (Å²) in [5, 5.41) is 4.79. The van der Waals surface area contributed by atoms with Crippen molar-refractivity contribution in [3.05, 3.63) is 60.5 Å². The largest absolute Gasteiger partial charge is 0.324 e. The Morgan fingerprint density at radius 1 is 1.30 bits per heavy atom. The van der Waals surface area contributed by atoms with Crippen molar-refractivity contribution in [3.8, 4) is 5.82 Å². The zero-order valence-electron chi connectivity index (χ0n) is 12.0. The lowest BCUT2D eigenvalue weighted by Crippen LogP contribution is -2.14. The van der Waals surface area contributed by atoms with Crippen LogP contribution in [0, 0.1) is 0 Å². The van der Waals surface area contributed by atoms with Crippen LogP contribution in [0.4, 0.5) is 5.69 Å². The molecule has 0 spiro atoms. The standard InChI is InChI=1S/C15H12N6OS/c22-14(7-12-9-20-5-6-23-15(20)19-12)18-11-1-2-13(17-8-11)21-4-3-16-10-21/h1-6,8-10H,7H2,(H,18,22). The van der Waals surface area contributed by atoms with Gasteiger partial charge in [0.1, 0.15) is 12.1 Å². The molecular weight excluding hydrogens is 312 g/mol. The first-order valence-electron chi connectivity index (χ1n) is 6.93. The molecule has 7 nitrogen and oxygen atoms in total. The molecule has 0 aliphatic heterocycles. The van der Waals surface area contributed by atoms with Crippen molar-refractivity contribution >= 4 is 27.9 Å². The van der Waals surface area contributed by atoms with E-state index < -0.39 is 0 Å². The van der Waals surface area contributed by atoms with Crippen LogP contribution in [0.1, 0.15) is 5.69 Å². The fraction of sp³-hybridized carbons (Fsp3) is 0.0667. The molecule has 4 aromatic heterocycles. The van der Waals surface area contributed by atoms with Crippen LogP contribution in [-0.4, -0.2) is 29.8 Å². The van der Waals surface area contributed by atoms with Crippen LogP contribution >= 0.6 is 11.3 Å². The molecule has 4 heterocycles. The number of nitrogens with zero attached hydrogens (tertiary/aromatic N) is 5. The first-order chi connectivity index (χ1) is 11.3. The van der Waals surface area contributed by atoms with E-state index in [-0.39, 0.29) is 12.3 Å². The van der Waals surface area contributed by atoms with Gasteiger partial charge in [0, 0.05) is 30.2 Å². The van der Waals surface area contributed by atoms with Crippen LogP contribution in [-0.2, 0) is 11.2 Å². The molecular formula is C15H12N6OS. The second-order valence-electron chi connectivity index (χ2n) is 4.93. The molecule has 23 heavy (non-hydrogen) atoms. The van der Waals surface area contributed by atoms with Crippen molar-refractivity contribution in [2.75, 3.05) is 5.32 Å². The summed E-state index contributed by atoms with van der Waals surface area (Å²) in [6, 6.07) is 3.63. The molecule has 4 aromatic rings. The lowest BCUT2D eigenvalue weighted by atomic mass is 10.3. The van der Waals surface area contributed by atoms with Crippen molar-refractivity contribution in [1.29, 1.82) is 0 Å². The highest BCUT2D eigenvalue weighted by atomic mass is 32.1. The predicted molar refractivity (Wildman–Crippen MR) is 86.8 cm³/mol. The summed E-state index contributed by atoms with van der Waals surface area (Å²) >= 11 is 1.54. The Hall–Kier alpha value is -3.00. The number of anilines is 1. The normalized spacial score (nSPS) is 11.0. The molecule has 0 aliphatic rings. The molecule has 8 heteroatoms. The maximum Gasteiger partial charge on any atom is 0.230 e. The number of nitrogens with one attached hydrogen (secondary N) is 1. The molecule has 0 atom stereocenters. The Morgan fingerprint density at radius 2 is 2.26 bits per heavy atom. The summed E-state index contributed by atoms with van der Waals surface area (Å²) in [6.45, 7) is 0. The Morgan fingerprint density at radius 3 is 3.00 bits per heavy atom. The first kappa shape index (κ1) is 13.6. The van der Waals surface area contributed by atoms with Gasteiger partial charge in [0.15, 0.2) is 4.96 Å². The van der Waals surface area contributed by atoms with Crippen molar-refractivity contribution in [2.24, 2.45) is 0 Å². The number of aromatic nitrogens is 5. The SMILES string of the molecule is O=C(Cc1cn2ccsc2n1)Nc1ccc(-n2ccnc2)nc1. The Kier molecular flexibility index (Phi) is 3.35. The predicted octanol–water partition coefficient (Wildman–Crippen LogP) is 2.16. The zero-order chi connectivity index (χ0) is 15.6. The van der Waals surface area contributed by atoms with Crippen LogP contribution in [0.2, 0.25) is 0 Å². The summed E-state index contributed by atoms with van der Waals surface area (Å²) in [5.41, 5.74) is 1.40. The molecule has 0 saturated carbocycles. The van der Waals surface area contributed by atoms with Gasteiger partial charge in [-0.15, -0.1) is 11.3 Å². The van der Waals surface area contributed by atoms with E-state index in [1.54, 1.807) is 34.6 Å². The smallest absolute Gasteiger partial charge is 0.230 e. The third kappa shape index (κ3) is 2.84. The minimum absolute atomic E-state index is 0.118. The fourth-order valence-electron chi connectivity index (χ4n) is 2.24. The van der Waals surface area contributed by atoms with Crippen LogP contribution in [0.15, 0.2) is 54.8 Å². The van der Waals surface area contributed by atoms with Crippen molar-refractivity contribution < 1.29 is 4.79 Å². The van der Waals surface area contributed by atoms with Gasteiger partial charge in [0.25, 0.3) is 0 Å². The van der Waals surface area contributed by atoms with E-state index in [0.29, 0.717) is 5.69 Å². The number of carbonyl (C=O) groups excluding carboxylic acids is 1. The van der Waals surface area contributed by atoms with Crippen molar-refractivity contribution in [1.82, 2.24) is 23.9 Å². The quantitative estimate of drug-likeness (QED) is 0.624. The second-order valence-corrected chi connectivity index (χ2v) is 5.80. The highest BCUT2D eigenvalue weighted by Crippen LogP contribution is 2.13. The van der Waals surface area contributed by atoms with E-state index in [1.807, 2.05) is 40.5 Å². The van der Waals surface area contributed by atoms with E-state index in [1.165, 1.54) is 0 Å². The number of pyridine rings is 1. The summed E-state index contributed by atoms with van der Waals surface area (Å²) < 4.78 is 3.71. The lowest BCUT2D eigenvalue weighted by molar-refractivity contribution is -0.115. The van der Waals surface area contributed by atoms with Gasteiger partial charge in [-0.3, -0.25) is 13.8 Å². The van der Waals surface area contributed by atoms with Gasteiger partial charge in [-0.1, -0.05) is 0 Å². The highest BCUT2D eigenvalue weighted by Gasteiger charge is 2.09. The summed E-state index contributed by atoms with van der Waals surface area (Å²) in [7, 11) is 0. The minimum atomic E-state index is -0.118. The maximum absolute atomic E-state index is 12.1. The molecule has 0 unspecified atom stereocenters. The number of thiazole rings is 1. The van der Waals surface area contributed by atoms with Gasteiger partial charge in [-0.25, -0.2) is 15.0 Å². The third-order valence-electron chi connectivity index (χ3n) is 3.29. The van der Waals surface area contributed by atoms with E-state index >= 15 is 0 Å². The van der Waals surface area contributed by atoms with Crippen LogP contribution in [0.3, 0.4) is 0 Å². The highest BCUT2D eigenvalue weighted by molar-refractivity contribution is 7.15. The lowest BCUT2D eigenvalue weighted by Gasteiger charge is -2.05. The van der Waals surface area contributed by atoms with Crippen LogP contribution < -0.4 is 5.32 Å². The molecule has 0 saturated heterocycles.